The van der Waals surface area contributed by atoms with Crippen LogP contribution in [0.1, 0.15) is 35.6 Å². The van der Waals surface area contributed by atoms with Gasteiger partial charge in [-0.25, -0.2) is 0 Å². The molecule has 3 aromatic rings. The standard InChI is InChI=1S/C26H24ClN3O3S/c27-21-10-6-9-20(17-21)24(18-7-2-1-3-8-18)28-26(31)19-13-15-30(16-14-19)25-22-11-4-5-12-23(22)34(32,33)29-25/h1-12,17,19,24H,13-16H2,(H,28,31). The summed E-state index contributed by atoms with van der Waals surface area (Å²) in [6, 6.07) is 23.9. The number of hydrogen-bond acceptors (Lipinski definition) is 4. The highest BCUT2D eigenvalue weighted by Gasteiger charge is 2.35. The van der Waals surface area contributed by atoms with Crippen molar-refractivity contribution in [2.75, 3.05) is 13.1 Å². The van der Waals surface area contributed by atoms with Gasteiger partial charge in [-0.3, -0.25) is 4.79 Å². The molecule has 1 fully saturated rings. The van der Waals surface area contributed by atoms with E-state index in [1.165, 1.54) is 0 Å². The van der Waals surface area contributed by atoms with Crippen molar-refractivity contribution in [1.82, 2.24) is 10.2 Å². The summed E-state index contributed by atoms with van der Waals surface area (Å²) >= 11 is 6.22. The molecule has 1 saturated heterocycles. The molecule has 34 heavy (non-hydrogen) atoms. The minimum atomic E-state index is -3.66. The fraction of sp³-hybridized carbons (Fsp3) is 0.231. The summed E-state index contributed by atoms with van der Waals surface area (Å²) in [5, 5.41) is 3.84. The average molecular weight is 494 g/mol. The van der Waals surface area contributed by atoms with Gasteiger partial charge < -0.3 is 10.2 Å². The quantitative estimate of drug-likeness (QED) is 0.584. The van der Waals surface area contributed by atoms with Gasteiger partial charge >= 0.3 is 0 Å². The van der Waals surface area contributed by atoms with Crippen LogP contribution in [0.3, 0.4) is 0 Å². The lowest BCUT2D eigenvalue weighted by Crippen LogP contribution is -2.43. The smallest absolute Gasteiger partial charge is 0.285 e. The Bertz CT molecular complexity index is 1350. The van der Waals surface area contributed by atoms with Gasteiger partial charge in [0, 0.05) is 29.6 Å². The summed E-state index contributed by atoms with van der Waals surface area (Å²) in [5.74, 6) is 0.293. The van der Waals surface area contributed by atoms with E-state index in [2.05, 4.69) is 9.71 Å². The largest absolute Gasteiger partial charge is 0.355 e. The van der Waals surface area contributed by atoms with Crippen molar-refractivity contribution in [1.29, 1.82) is 0 Å². The molecule has 6 nitrogen and oxygen atoms in total. The number of carbonyl (C=O) groups is 1. The maximum absolute atomic E-state index is 13.3. The van der Waals surface area contributed by atoms with E-state index in [9.17, 15) is 13.2 Å². The minimum absolute atomic E-state index is 0.0186. The number of sulfonamides is 1. The molecule has 8 heteroatoms. The number of likely N-dealkylation sites (tertiary alicyclic amines) is 1. The molecule has 1 amide bonds. The third-order valence-electron chi connectivity index (χ3n) is 6.38. The van der Waals surface area contributed by atoms with E-state index in [1.54, 1.807) is 18.2 Å². The van der Waals surface area contributed by atoms with Crippen molar-refractivity contribution >= 4 is 33.4 Å². The Balaban J connectivity index is 1.30. The predicted molar refractivity (Wildman–Crippen MR) is 132 cm³/mol. The molecule has 0 radical (unpaired) electrons. The van der Waals surface area contributed by atoms with Gasteiger partial charge in [0.2, 0.25) is 5.91 Å². The zero-order chi connectivity index (χ0) is 23.7. The number of amides is 1. The van der Waals surface area contributed by atoms with E-state index in [1.807, 2.05) is 65.6 Å². The monoisotopic (exact) mass is 493 g/mol. The molecule has 1 unspecified atom stereocenters. The highest BCUT2D eigenvalue weighted by atomic mass is 35.5. The molecule has 0 aliphatic carbocycles. The number of piperidine rings is 1. The number of rotatable bonds is 4. The van der Waals surface area contributed by atoms with Gasteiger partial charge in [-0.2, -0.15) is 8.42 Å². The lowest BCUT2D eigenvalue weighted by molar-refractivity contribution is -0.126. The summed E-state index contributed by atoms with van der Waals surface area (Å²) in [7, 11) is -3.66. The normalized spacial score (nSPS) is 18.1. The average Bonchev–Trinajstić information content (AvgIpc) is 3.14. The molecule has 174 valence electrons. The molecule has 0 aromatic heterocycles. The second-order valence-corrected chi connectivity index (χ2v) is 10.6. The molecule has 1 N–H and O–H groups in total. The van der Waals surface area contributed by atoms with Crippen LogP contribution in [-0.4, -0.2) is 38.2 Å². The van der Waals surface area contributed by atoms with Crippen molar-refractivity contribution in [3.8, 4) is 0 Å². The molecule has 1 atom stereocenters. The first-order valence-electron chi connectivity index (χ1n) is 11.2. The Labute approximate surface area is 204 Å². The number of halogens is 1. The Morgan fingerprint density at radius 1 is 0.941 bits per heavy atom. The summed E-state index contributed by atoms with van der Waals surface area (Å²) in [6.07, 6.45) is 1.23. The van der Waals surface area contributed by atoms with Crippen LogP contribution in [0.5, 0.6) is 0 Å². The van der Waals surface area contributed by atoms with Crippen LogP contribution in [0.25, 0.3) is 0 Å². The predicted octanol–water partition coefficient (Wildman–Crippen LogP) is 4.41. The summed E-state index contributed by atoms with van der Waals surface area (Å²) in [4.78, 5) is 15.5. The van der Waals surface area contributed by atoms with Gasteiger partial charge in [0.05, 0.1) is 6.04 Å². The first-order chi connectivity index (χ1) is 16.4. The number of hydrogen-bond donors (Lipinski definition) is 1. The molecule has 2 aliphatic heterocycles. The Morgan fingerprint density at radius 3 is 2.35 bits per heavy atom. The van der Waals surface area contributed by atoms with Crippen molar-refractivity contribution in [3.05, 3.63) is 101 Å². The van der Waals surface area contributed by atoms with Crippen molar-refractivity contribution < 1.29 is 13.2 Å². The van der Waals surface area contributed by atoms with E-state index >= 15 is 0 Å². The number of amidine groups is 1. The Morgan fingerprint density at radius 2 is 1.62 bits per heavy atom. The first kappa shape index (κ1) is 22.6. The second kappa shape index (κ2) is 9.24. The molecular weight excluding hydrogens is 470 g/mol. The van der Waals surface area contributed by atoms with Crippen LogP contribution >= 0.6 is 11.6 Å². The molecule has 3 aromatic carbocycles. The molecule has 5 rings (SSSR count). The van der Waals surface area contributed by atoms with Gasteiger partial charge in [0.25, 0.3) is 10.0 Å². The van der Waals surface area contributed by atoms with E-state index in [4.69, 9.17) is 11.6 Å². The first-order valence-corrected chi connectivity index (χ1v) is 13.0. The summed E-state index contributed by atoms with van der Waals surface area (Å²) < 4.78 is 28.8. The van der Waals surface area contributed by atoms with Crippen molar-refractivity contribution in [2.45, 2.75) is 23.8 Å². The van der Waals surface area contributed by atoms with Crippen molar-refractivity contribution in [3.63, 3.8) is 0 Å². The van der Waals surface area contributed by atoms with Crippen LogP contribution in [0.2, 0.25) is 5.02 Å². The van der Waals surface area contributed by atoms with Gasteiger partial charge in [0.15, 0.2) is 5.84 Å². The Kier molecular flexibility index (Phi) is 6.15. The molecule has 0 spiro atoms. The highest BCUT2D eigenvalue weighted by molar-refractivity contribution is 7.90. The molecular formula is C26H24ClN3O3S. The zero-order valence-electron chi connectivity index (χ0n) is 18.4. The minimum Gasteiger partial charge on any atom is -0.355 e. The molecule has 2 aliphatic rings. The highest BCUT2D eigenvalue weighted by Crippen LogP contribution is 2.30. The van der Waals surface area contributed by atoms with Crippen LogP contribution in [-0.2, 0) is 14.8 Å². The topological polar surface area (TPSA) is 78.8 Å². The van der Waals surface area contributed by atoms with Gasteiger partial charge in [-0.05, 0) is 48.2 Å². The van der Waals surface area contributed by atoms with E-state index in [-0.39, 0.29) is 22.8 Å². The molecule has 0 bridgehead atoms. The molecule has 2 heterocycles. The zero-order valence-corrected chi connectivity index (χ0v) is 20.0. The Hall–Kier alpha value is -3.16. The van der Waals surface area contributed by atoms with Crippen LogP contribution in [0.4, 0.5) is 0 Å². The van der Waals surface area contributed by atoms with E-state index < -0.39 is 10.0 Å². The fourth-order valence-corrected chi connectivity index (χ4v) is 6.05. The van der Waals surface area contributed by atoms with Gasteiger partial charge in [-0.15, -0.1) is 4.40 Å². The maximum atomic E-state index is 13.3. The number of nitrogens with one attached hydrogen (secondary N) is 1. The van der Waals surface area contributed by atoms with Crippen LogP contribution < -0.4 is 5.32 Å². The van der Waals surface area contributed by atoms with Crippen LogP contribution in [0, 0.1) is 5.92 Å². The van der Waals surface area contributed by atoms with Crippen LogP contribution in [0.15, 0.2) is 88.2 Å². The van der Waals surface area contributed by atoms with E-state index in [0.29, 0.717) is 42.4 Å². The number of benzene rings is 3. The SMILES string of the molecule is O=C(NC(c1ccccc1)c1cccc(Cl)c1)C1CCN(C2=NS(=O)(=O)c3ccccc32)CC1. The third kappa shape index (κ3) is 4.45. The lowest BCUT2D eigenvalue weighted by Gasteiger charge is -2.33. The number of fused-ring (bicyclic) bond motifs is 1. The fourth-order valence-electron chi connectivity index (χ4n) is 4.62. The van der Waals surface area contributed by atoms with Gasteiger partial charge in [0.1, 0.15) is 4.90 Å². The summed E-state index contributed by atoms with van der Waals surface area (Å²) in [6.45, 7) is 1.13. The second-order valence-electron chi connectivity index (χ2n) is 8.55. The van der Waals surface area contributed by atoms with Crippen molar-refractivity contribution in [2.24, 2.45) is 10.3 Å². The molecule has 0 saturated carbocycles. The third-order valence-corrected chi connectivity index (χ3v) is 7.94. The number of carbonyl (C=O) groups excluding carboxylic acids is 1. The lowest BCUT2D eigenvalue weighted by atomic mass is 9.93. The summed E-state index contributed by atoms with van der Waals surface area (Å²) in [5.41, 5.74) is 2.54. The van der Waals surface area contributed by atoms with E-state index in [0.717, 1.165) is 11.1 Å². The maximum Gasteiger partial charge on any atom is 0.285 e. The number of nitrogens with zero attached hydrogens (tertiary/aromatic N) is 2. The van der Waals surface area contributed by atoms with Gasteiger partial charge in [-0.1, -0.05) is 66.2 Å².